The number of carbonyl (C=O) groups excluding carboxylic acids is 2. The van der Waals surface area contributed by atoms with Gasteiger partial charge < -0.3 is 14.4 Å². The molecule has 3 rings (SSSR count). The van der Waals surface area contributed by atoms with Crippen molar-refractivity contribution in [1.29, 1.82) is 0 Å². The van der Waals surface area contributed by atoms with Crippen molar-refractivity contribution in [2.75, 3.05) is 50.9 Å². The van der Waals surface area contributed by atoms with Crippen molar-refractivity contribution in [3.8, 4) is 0 Å². The average Bonchev–Trinajstić information content (AvgIpc) is 2.93. The molecule has 2 aliphatic rings. The monoisotopic (exact) mass is 620 g/mol. The fraction of sp³-hybridized carbons (Fsp3) is 0.562. The molecule has 1 N–H and O–H groups in total. The SMILES string of the molecule is C=CC1=C(/C=C(\C)OCNCCN2CCN(c3cccc(Cl)c3Cl)CC2)N(C(OC(=O)CC(C)C)C(C)C)C(=O)CC1. The molecule has 8 nitrogen and oxygen atoms in total. The summed E-state index contributed by atoms with van der Waals surface area (Å²) in [7, 11) is 0. The summed E-state index contributed by atoms with van der Waals surface area (Å²) in [6, 6.07) is 5.75. The molecule has 2 heterocycles. The lowest BCUT2D eigenvalue weighted by Crippen LogP contribution is -2.48. The van der Waals surface area contributed by atoms with Gasteiger partial charge in [0.2, 0.25) is 5.91 Å². The lowest BCUT2D eigenvalue weighted by Gasteiger charge is -2.38. The van der Waals surface area contributed by atoms with E-state index in [4.69, 9.17) is 32.7 Å². The predicted molar refractivity (Wildman–Crippen MR) is 170 cm³/mol. The maximum atomic E-state index is 13.1. The predicted octanol–water partition coefficient (Wildman–Crippen LogP) is 6.22. The van der Waals surface area contributed by atoms with E-state index in [1.54, 1.807) is 11.0 Å². The Labute approximate surface area is 261 Å². The van der Waals surface area contributed by atoms with Crippen molar-refractivity contribution in [3.63, 3.8) is 0 Å². The lowest BCUT2D eigenvalue weighted by molar-refractivity contribution is -0.167. The molecule has 2 aliphatic heterocycles. The summed E-state index contributed by atoms with van der Waals surface area (Å²) in [5.41, 5.74) is 2.58. The third-order valence-corrected chi connectivity index (χ3v) is 8.16. The first kappa shape index (κ1) is 34.0. The largest absolute Gasteiger partial charge is 0.483 e. The van der Waals surface area contributed by atoms with Crippen molar-refractivity contribution in [2.45, 2.75) is 60.1 Å². The van der Waals surface area contributed by atoms with E-state index >= 15 is 0 Å². The molecule has 0 spiro atoms. The van der Waals surface area contributed by atoms with E-state index in [-0.39, 0.29) is 23.7 Å². The average molecular weight is 622 g/mol. The second-order valence-corrected chi connectivity index (χ2v) is 12.3. The molecule has 1 unspecified atom stereocenters. The molecule has 1 aromatic rings. The molecule has 1 saturated heterocycles. The van der Waals surface area contributed by atoms with Gasteiger partial charge in [-0.3, -0.25) is 24.7 Å². The van der Waals surface area contributed by atoms with Crippen molar-refractivity contribution >= 4 is 40.8 Å². The highest BCUT2D eigenvalue weighted by Crippen LogP contribution is 2.33. The number of allylic oxidation sites excluding steroid dienone is 4. The Morgan fingerprint density at radius 3 is 2.48 bits per heavy atom. The fourth-order valence-electron chi connectivity index (χ4n) is 5.09. The molecule has 0 radical (unpaired) electrons. The number of amides is 1. The summed E-state index contributed by atoms with van der Waals surface area (Å²) in [4.78, 5) is 32.0. The Hall–Kier alpha value is -2.52. The van der Waals surface area contributed by atoms with Gasteiger partial charge in [-0.2, -0.15) is 0 Å². The molecular weight excluding hydrogens is 575 g/mol. The Morgan fingerprint density at radius 1 is 1.12 bits per heavy atom. The summed E-state index contributed by atoms with van der Waals surface area (Å²) < 4.78 is 11.8. The number of carbonyl (C=O) groups is 2. The maximum absolute atomic E-state index is 13.1. The summed E-state index contributed by atoms with van der Waals surface area (Å²) in [6.07, 6.45) is 4.13. The number of anilines is 1. The molecule has 232 valence electrons. The highest BCUT2D eigenvalue weighted by Gasteiger charge is 2.35. The standard InChI is InChI=1S/C32H46Cl2N4O4/c1-7-25-11-12-29(39)38(32(23(4)5)42-30(40)19-22(2)3)28(25)20-24(6)41-21-35-13-14-36-15-17-37(18-16-36)27-10-8-9-26(33)31(27)34/h7-10,20,22-23,32,35H,1,11-19,21H2,2-6H3/b24-20+. The summed E-state index contributed by atoms with van der Waals surface area (Å²) in [5.74, 6) is 0.343. The Balaban J connectivity index is 1.53. The van der Waals surface area contributed by atoms with Gasteiger partial charge in [-0.15, -0.1) is 0 Å². The maximum Gasteiger partial charge on any atom is 0.307 e. The van der Waals surface area contributed by atoms with Crippen LogP contribution < -0.4 is 10.2 Å². The van der Waals surface area contributed by atoms with Crippen LogP contribution in [0.1, 0.15) is 53.9 Å². The highest BCUT2D eigenvalue weighted by molar-refractivity contribution is 6.43. The molecule has 1 aromatic carbocycles. The topological polar surface area (TPSA) is 74.4 Å². The van der Waals surface area contributed by atoms with Gasteiger partial charge in [0.25, 0.3) is 0 Å². The normalized spacial score (nSPS) is 17.7. The van der Waals surface area contributed by atoms with E-state index < -0.39 is 6.23 Å². The van der Waals surface area contributed by atoms with Gasteiger partial charge in [0.1, 0.15) is 6.73 Å². The number of halogens is 2. The third-order valence-electron chi connectivity index (χ3n) is 7.35. The van der Waals surface area contributed by atoms with Crippen molar-refractivity contribution in [2.24, 2.45) is 11.8 Å². The van der Waals surface area contributed by atoms with Crippen molar-refractivity contribution < 1.29 is 19.1 Å². The van der Waals surface area contributed by atoms with E-state index in [1.165, 1.54) is 0 Å². The quantitative estimate of drug-likeness (QED) is 0.115. The molecule has 1 amide bonds. The molecule has 0 aromatic heterocycles. The van der Waals surface area contributed by atoms with Crippen molar-refractivity contribution in [1.82, 2.24) is 15.1 Å². The molecule has 1 atom stereocenters. The van der Waals surface area contributed by atoms with Crippen molar-refractivity contribution in [3.05, 3.63) is 64.0 Å². The second kappa shape index (κ2) is 16.4. The number of ether oxygens (including phenoxy) is 2. The Bertz CT molecular complexity index is 1160. The minimum Gasteiger partial charge on any atom is -0.483 e. The van der Waals surface area contributed by atoms with Crippen LogP contribution in [0.5, 0.6) is 0 Å². The van der Waals surface area contributed by atoms with Crippen LogP contribution in [0.15, 0.2) is 54.0 Å². The number of hydrogen-bond acceptors (Lipinski definition) is 7. The summed E-state index contributed by atoms with van der Waals surface area (Å²) in [6.45, 7) is 19.3. The Kier molecular flexibility index (Phi) is 13.2. The van der Waals surface area contributed by atoms with Crippen LogP contribution in [0.3, 0.4) is 0 Å². The summed E-state index contributed by atoms with van der Waals surface area (Å²) >= 11 is 12.6. The van der Waals surface area contributed by atoms with Crippen LogP contribution in [-0.2, 0) is 19.1 Å². The lowest BCUT2D eigenvalue weighted by atomic mass is 9.98. The number of nitrogens with one attached hydrogen (secondary N) is 1. The minimum atomic E-state index is -0.702. The molecule has 0 aliphatic carbocycles. The zero-order valence-electron chi connectivity index (χ0n) is 25.6. The molecule has 0 saturated carbocycles. The number of benzene rings is 1. The molecule has 42 heavy (non-hydrogen) atoms. The van der Waals surface area contributed by atoms with Crippen LogP contribution in [0.2, 0.25) is 10.0 Å². The molecular formula is C32H46Cl2N4O4. The fourth-order valence-corrected chi connectivity index (χ4v) is 5.50. The van der Waals surface area contributed by atoms with E-state index in [0.717, 1.165) is 50.5 Å². The number of piperazine rings is 1. The summed E-state index contributed by atoms with van der Waals surface area (Å²) in [5, 5.41) is 4.54. The number of rotatable bonds is 14. The van der Waals surface area contributed by atoms with Crippen LogP contribution in [-0.4, -0.2) is 73.9 Å². The van der Waals surface area contributed by atoms with E-state index in [1.807, 2.05) is 58.9 Å². The van der Waals surface area contributed by atoms with Gasteiger partial charge >= 0.3 is 5.97 Å². The van der Waals surface area contributed by atoms with Crippen LogP contribution in [0.25, 0.3) is 0 Å². The molecule has 10 heteroatoms. The van der Waals surface area contributed by atoms with Crippen LogP contribution in [0, 0.1) is 11.8 Å². The van der Waals surface area contributed by atoms with E-state index in [9.17, 15) is 9.59 Å². The number of hydrogen-bond donors (Lipinski definition) is 1. The van der Waals surface area contributed by atoms with Gasteiger partial charge in [0.05, 0.1) is 27.2 Å². The van der Waals surface area contributed by atoms with Gasteiger partial charge in [0, 0.05) is 58.0 Å². The van der Waals surface area contributed by atoms with Crippen LogP contribution >= 0.6 is 23.2 Å². The van der Waals surface area contributed by atoms with E-state index in [0.29, 0.717) is 47.5 Å². The zero-order valence-corrected chi connectivity index (χ0v) is 27.1. The molecule has 0 bridgehead atoms. The van der Waals surface area contributed by atoms with Gasteiger partial charge in [-0.25, -0.2) is 0 Å². The smallest absolute Gasteiger partial charge is 0.307 e. The number of nitrogens with zero attached hydrogens (tertiary/aromatic N) is 3. The first-order valence-electron chi connectivity index (χ1n) is 14.8. The minimum absolute atomic E-state index is 0.0773. The van der Waals surface area contributed by atoms with Gasteiger partial charge in [-0.05, 0) is 43.0 Å². The zero-order chi connectivity index (χ0) is 30.8. The second-order valence-electron chi connectivity index (χ2n) is 11.5. The van der Waals surface area contributed by atoms with Crippen LogP contribution in [0.4, 0.5) is 5.69 Å². The third kappa shape index (κ3) is 9.49. The molecule has 1 fully saturated rings. The first-order chi connectivity index (χ1) is 20.0. The van der Waals surface area contributed by atoms with E-state index in [2.05, 4.69) is 21.7 Å². The Morgan fingerprint density at radius 2 is 1.83 bits per heavy atom. The first-order valence-corrected chi connectivity index (χ1v) is 15.6. The number of esters is 1. The van der Waals surface area contributed by atoms with Gasteiger partial charge in [0.15, 0.2) is 6.23 Å². The van der Waals surface area contributed by atoms with Gasteiger partial charge in [-0.1, -0.05) is 69.6 Å². The highest BCUT2D eigenvalue weighted by atomic mass is 35.5.